The lowest BCUT2D eigenvalue weighted by Gasteiger charge is -2.20. The van der Waals surface area contributed by atoms with Crippen LogP contribution in [0.3, 0.4) is 0 Å². The molecule has 0 unspecified atom stereocenters. The molecule has 0 amide bonds. The second-order valence-electron chi connectivity index (χ2n) is 5.17. The Balaban J connectivity index is 1.81. The highest BCUT2D eigenvalue weighted by Crippen LogP contribution is 2.34. The van der Waals surface area contributed by atoms with Gasteiger partial charge in [0.15, 0.2) is 0 Å². The largest absolute Gasteiger partial charge is 0.489 e. The van der Waals surface area contributed by atoms with E-state index < -0.39 is 0 Å². The molecule has 102 valence electrons. The highest BCUT2D eigenvalue weighted by Gasteiger charge is 2.18. The normalized spacial score (nSPS) is 13.9. The average Bonchev–Trinajstić information content (AvgIpc) is 2.46. The molecule has 2 aromatic carbocycles. The average molecular weight is 268 g/mol. The van der Waals surface area contributed by atoms with Crippen LogP contribution in [0.2, 0.25) is 0 Å². The van der Waals surface area contributed by atoms with Crippen LogP contribution in [-0.2, 0) is 13.0 Å². The number of ether oxygens (including phenoxy) is 1. The molecule has 1 aliphatic rings. The lowest BCUT2D eigenvalue weighted by atomic mass is 9.88. The van der Waals surface area contributed by atoms with Crippen LogP contribution >= 0.6 is 0 Å². The van der Waals surface area contributed by atoms with Crippen molar-refractivity contribution in [2.45, 2.75) is 25.9 Å². The molecule has 0 bridgehead atoms. The molecule has 0 heterocycles. The number of hydrogen-bond donors (Lipinski definition) is 0. The zero-order valence-electron chi connectivity index (χ0n) is 11.4. The van der Waals surface area contributed by atoms with Crippen molar-refractivity contribution >= 4 is 5.57 Å². The third-order valence-electron chi connectivity index (χ3n) is 3.67. The highest BCUT2D eigenvalue weighted by molar-refractivity contribution is 5.69. The molecule has 0 aromatic heterocycles. The zero-order chi connectivity index (χ0) is 13.9. The van der Waals surface area contributed by atoms with E-state index in [1.54, 1.807) is 0 Å². The van der Waals surface area contributed by atoms with Crippen LogP contribution < -0.4 is 4.74 Å². The smallest absolute Gasteiger partial charge is 0.134 e. The summed E-state index contributed by atoms with van der Waals surface area (Å²) >= 11 is 0. The lowest BCUT2D eigenvalue weighted by molar-refractivity contribution is 0.304. The van der Waals surface area contributed by atoms with E-state index in [-0.39, 0.29) is 5.82 Å². The van der Waals surface area contributed by atoms with Gasteiger partial charge >= 0.3 is 0 Å². The van der Waals surface area contributed by atoms with E-state index in [0.29, 0.717) is 17.9 Å². The molecule has 0 saturated carbocycles. The maximum atomic E-state index is 14.2. The molecule has 1 aliphatic carbocycles. The van der Waals surface area contributed by atoms with Gasteiger partial charge in [-0.1, -0.05) is 36.9 Å². The molecule has 2 aromatic rings. The number of aryl methyl sites for hydroxylation is 1. The van der Waals surface area contributed by atoms with E-state index in [1.165, 1.54) is 6.07 Å². The fraction of sp³-hybridized carbons (Fsp3) is 0.222. The van der Waals surface area contributed by atoms with Crippen molar-refractivity contribution in [2.24, 2.45) is 0 Å². The number of allylic oxidation sites excluding steroid dienone is 1. The first kappa shape index (κ1) is 12.9. The molecule has 0 N–H and O–H groups in total. The van der Waals surface area contributed by atoms with Crippen LogP contribution in [0.15, 0.2) is 49.0 Å². The predicted molar refractivity (Wildman–Crippen MR) is 79.1 cm³/mol. The summed E-state index contributed by atoms with van der Waals surface area (Å²) in [6, 6.07) is 13.3. The minimum Gasteiger partial charge on any atom is -0.489 e. The zero-order valence-corrected chi connectivity index (χ0v) is 11.4. The van der Waals surface area contributed by atoms with Gasteiger partial charge in [0.1, 0.15) is 18.2 Å². The summed E-state index contributed by atoms with van der Waals surface area (Å²) in [4.78, 5) is 0. The first-order chi connectivity index (χ1) is 9.74. The number of fused-ring (bicyclic) bond motifs is 1. The van der Waals surface area contributed by atoms with E-state index in [2.05, 4.69) is 6.58 Å². The van der Waals surface area contributed by atoms with Crippen LogP contribution in [0.1, 0.15) is 29.5 Å². The maximum Gasteiger partial charge on any atom is 0.134 e. The summed E-state index contributed by atoms with van der Waals surface area (Å²) in [7, 11) is 0. The van der Waals surface area contributed by atoms with Gasteiger partial charge in [-0.05, 0) is 42.0 Å². The SMILES string of the molecule is C=C1CCCc2cc(OCc3ccccc3)cc(F)c21. The van der Waals surface area contributed by atoms with Crippen molar-refractivity contribution in [3.8, 4) is 5.75 Å². The van der Waals surface area contributed by atoms with Crippen LogP contribution in [0, 0.1) is 5.82 Å². The van der Waals surface area contributed by atoms with Gasteiger partial charge in [0.2, 0.25) is 0 Å². The summed E-state index contributed by atoms with van der Waals surface area (Å²) in [5.74, 6) is 0.384. The first-order valence-electron chi connectivity index (χ1n) is 6.91. The van der Waals surface area contributed by atoms with Gasteiger partial charge in [-0.25, -0.2) is 4.39 Å². The van der Waals surface area contributed by atoms with Gasteiger partial charge in [-0.3, -0.25) is 0 Å². The molecule has 20 heavy (non-hydrogen) atoms. The fourth-order valence-electron chi connectivity index (χ4n) is 2.67. The monoisotopic (exact) mass is 268 g/mol. The molecular weight excluding hydrogens is 251 g/mol. The minimum atomic E-state index is -0.213. The van der Waals surface area contributed by atoms with Crippen molar-refractivity contribution in [1.29, 1.82) is 0 Å². The van der Waals surface area contributed by atoms with Crippen LogP contribution in [0.4, 0.5) is 4.39 Å². The minimum absolute atomic E-state index is 0.213. The highest BCUT2D eigenvalue weighted by atomic mass is 19.1. The number of hydrogen-bond acceptors (Lipinski definition) is 1. The fourth-order valence-corrected chi connectivity index (χ4v) is 2.67. The van der Waals surface area contributed by atoms with Gasteiger partial charge in [-0.15, -0.1) is 0 Å². The van der Waals surface area contributed by atoms with Gasteiger partial charge in [0.05, 0.1) is 0 Å². The van der Waals surface area contributed by atoms with Crippen molar-refractivity contribution in [1.82, 2.24) is 0 Å². The number of rotatable bonds is 3. The van der Waals surface area contributed by atoms with Crippen molar-refractivity contribution in [3.63, 3.8) is 0 Å². The summed E-state index contributed by atoms with van der Waals surface area (Å²) in [6.45, 7) is 4.42. The standard InChI is InChI=1S/C18H17FO/c1-13-6-5-9-15-10-16(11-17(19)18(13)15)20-12-14-7-3-2-4-8-14/h2-4,7-8,10-11H,1,5-6,9,12H2. The molecule has 0 fully saturated rings. The Bertz CT molecular complexity index is 631. The van der Waals surface area contributed by atoms with Gasteiger partial charge < -0.3 is 4.74 Å². The van der Waals surface area contributed by atoms with Crippen molar-refractivity contribution in [3.05, 3.63) is 71.6 Å². The first-order valence-corrected chi connectivity index (χ1v) is 6.91. The van der Waals surface area contributed by atoms with Gasteiger partial charge in [0, 0.05) is 11.6 Å². The summed E-state index contributed by atoms with van der Waals surface area (Å²) < 4.78 is 19.9. The van der Waals surface area contributed by atoms with E-state index in [1.807, 2.05) is 36.4 Å². The topological polar surface area (TPSA) is 9.23 Å². The van der Waals surface area contributed by atoms with Gasteiger partial charge in [0.25, 0.3) is 0 Å². The molecule has 0 spiro atoms. The molecule has 0 atom stereocenters. The van der Waals surface area contributed by atoms with Crippen LogP contribution in [0.25, 0.3) is 5.57 Å². The Hall–Kier alpha value is -2.09. The molecule has 0 radical (unpaired) electrons. The third kappa shape index (κ3) is 2.60. The van der Waals surface area contributed by atoms with Crippen molar-refractivity contribution < 1.29 is 9.13 Å². The Morgan fingerprint density at radius 1 is 1.10 bits per heavy atom. The van der Waals surface area contributed by atoms with E-state index in [9.17, 15) is 4.39 Å². The predicted octanol–water partition coefficient (Wildman–Crippen LogP) is 4.75. The molecule has 2 heteroatoms. The van der Waals surface area contributed by atoms with Crippen molar-refractivity contribution in [2.75, 3.05) is 0 Å². The second kappa shape index (κ2) is 5.49. The Labute approximate surface area is 118 Å². The quantitative estimate of drug-likeness (QED) is 0.780. The van der Waals surface area contributed by atoms with Crippen LogP contribution in [-0.4, -0.2) is 0 Å². The molecule has 3 rings (SSSR count). The molecule has 0 saturated heterocycles. The summed E-state index contributed by atoms with van der Waals surface area (Å²) in [5, 5.41) is 0. The van der Waals surface area contributed by atoms with Crippen LogP contribution in [0.5, 0.6) is 5.75 Å². The molecule has 0 aliphatic heterocycles. The lowest BCUT2D eigenvalue weighted by Crippen LogP contribution is -2.05. The third-order valence-corrected chi connectivity index (χ3v) is 3.67. The Morgan fingerprint density at radius 3 is 2.70 bits per heavy atom. The molecular formula is C18H17FO. The number of benzene rings is 2. The van der Waals surface area contributed by atoms with E-state index in [0.717, 1.165) is 36.0 Å². The number of halogens is 1. The van der Waals surface area contributed by atoms with Gasteiger partial charge in [-0.2, -0.15) is 0 Å². The second-order valence-corrected chi connectivity index (χ2v) is 5.17. The Morgan fingerprint density at radius 2 is 1.90 bits per heavy atom. The summed E-state index contributed by atoms with van der Waals surface area (Å²) in [6.07, 6.45) is 2.81. The maximum absolute atomic E-state index is 14.2. The summed E-state index contributed by atoms with van der Waals surface area (Å²) in [5.41, 5.74) is 3.70. The van der Waals surface area contributed by atoms with E-state index >= 15 is 0 Å². The molecule has 1 nitrogen and oxygen atoms in total. The Kier molecular flexibility index (Phi) is 3.55. The van der Waals surface area contributed by atoms with E-state index in [4.69, 9.17) is 4.74 Å².